The molecule has 0 heterocycles. The first-order valence-electron chi connectivity index (χ1n) is 7.62. The van der Waals surface area contributed by atoms with Crippen molar-refractivity contribution >= 4 is 10.0 Å². The Morgan fingerprint density at radius 1 is 1.24 bits per heavy atom. The summed E-state index contributed by atoms with van der Waals surface area (Å²) in [5, 5.41) is 0. The number of sulfonamides is 1. The molecule has 0 aliphatic heterocycles. The van der Waals surface area contributed by atoms with Crippen molar-refractivity contribution < 1.29 is 8.42 Å². The molecule has 0 unspecified atom stereocenters. The van der Waals surface area contributed by atoms with Crippen molar-refractivity contribution in [3.63, 3.8) is 0 Å². The molecular weight excluding hydrogens is 284 g/mol. The smallest absolute Gasteiger partial charge is 0.243 e. The van der Waals surface area contributed by atoms with Gasteiger partial charge < -0.3 is 5.73 Å². The number of aryl methyl sites for hydroxylation is 1. The van der Waals surface area contributed by atoms with Gasteiger partial charge in [0.25, 0.3) is 0 Å². The Kier molecular flexibility index (Phi) is 5.07. The Morgan fingerprint density at radius 2 is 1.86 bits per heavy atom. The molecule has 0 spiro atoms. The lowest BCUT2D eigenvalue weighted by molar-refractivity contribution is 0.387. The summed E-state index contributed by atoms with van der Waals surface area (Å²) in [6.07, 6.45) is 4.72. The lowest BCUT2D eigenvalue weighted by Crippen LogP contribution is -2.32. The Labute approximate surface area is 128 Å². The molecule has 0 aromatic heterocycles. The Balaban J connectivity index is 2.31. The van der Waals surface area contributed by atoms with E-state index in [9.17, 15) is 8.42 Å². The largest absolute Gasteiger partial charge is 0.326 e. The van der Waals surface area contributed by atoms with Crippen molar-refractivity contribution in [1.82, 2.24) is 4.31 Å². The van der Waals surface area contributed by atoms with Gasteiger partial charge in [0.05, 0.1) is 4.90 Å². The Bertz CT molecular complexity index is 605. The van der Waals surface area contributed by atoms with Gasteiger partial charge in [-0.2, -0.15) is 0 Å². The maximum Gasteiger partial charge on any atom is 0.243 e. The molecule has 0 radical (unpaired) electrons. The number of hydrogen-bond donors (Lipinski definition) is 1. The quantitative estimate of drug-likeness (QED) is 0.909. The van der Waals surface area contributed by atoms with E-state index in [4.69, 9.17) is 5.73 Å². The monoisotopic (exact) mass is 310 g/mol. The van der Waals surface area contributed by atoms with Crippen LogP contribution in [0, 0.1) is 19.8 Å². The molecule has 0 saturated heterocycles. The van der Waals surface area contributed by atoms with Gasteiger partial charge in [0.2, 0.25) is 10.0 Å². The summed E-state index contributed by atoms with van der Waals surface area (Å²) in [5.41, 5.74) is 8.35. The summed E-state index contributed by atoms with van der Waals surface area (Å²) in [7, 11) is -1.74. The van der Waals surface area contributed by atoms with Crippen molar-refractivity contribution in [2.24, 2.45) is 11.7 Å². The molecule has 2 N–H and O–H groups in total. The molecule has 1 saturated carbocycles. The average molecular weight is 310 g/mol. The molecule has 21 heavy (non-hydrogen) atoms. The third kappa shape index (κ3) is 3.47. The van der Waals surface area contributed by atoms with Crippen LogP contribution in [0.1, 0.15) is 42.4 Å². The van der Waals surface area contributed by atoms with Crippen molar-refractivity contribution in [1.29, 1.82) is 0 Å². The highest BCUT2D eigenvalue weighted by atomic mass is 32.2. The first kappa shape index (κ1) is 16.5. The van der Waals surface area contributed by atoms with Crippen LogP contribution in [0.3, 0.4) is 0 Å². The minimum atomic E-state index is -3.43. The van der Waals surface area contributed by atoms with Crippen LogP contribution in [-0.2, 0) is 16.6 Å². The van der Waals surface area contributed by atoms with Crippen molar-refractivity contribution in [3.05, 3.63) is 28.8 Å². The number of rotatable bonds is 5. The van der Waals surface area contributed by atoms with Gasteiger partial charge in [-0.15, -0.1) is 0 Å². The summed E-state index contributed by atoms with van der Waals surface area (Å²) in [5.74, 6) is 0.504. The number of hydrogen-bond acceptors (Lipinski definition) is 3. The van der Waals surface area contributed by atoms with E-state index >= 15 is 0 Å². The van der Waals surface area contributed by atoms with Crippen LogP contribution in [0.25, 0.3) is 0 Å². The standard InChI is InChI=1S/C16H26N2O2S/c1-12-8-15(10-17)9-16(13(12)2)21(19,20)18(3)11-14-6-4-5-7-14/h8-9,14H,4-7,10-11,17H2,1-3H3. The van der Waals surface area contributed by atoms with Crippen molar-refractivity contribution in [2.75, 3.05) is 13.6 Å². The number of nitrogens with zero attached hydrogens (tertiary/aromatic N) is 1. The predicted molar refractivity (Wildman–Crippen MR) is 85.6 cm³/mol. The molecule has 1 aliphatic carbocycles. The molecule has 1 aromatic rings. The van der Waals surface area contributed by atoms with E-state index in [1.165, 1.54) is 17.1 Å². The number of benzene rings is 1. The first-order valence-corrected chi connectivity index (χ1v) is 9.06. The van der Waals surface area contributed by atoms with E-state index < -0.39 is 10.0 Å². The lowest BCUT2D eigenvalue weighted by atomic mass is 10.1. The van der Waals surface area contributed by atoms with Gasteiger partial charge in [0.1, 0.15) is 0 Å². The fourth-order valence-electron chi connectivity index (χ4n) is 3.11. The zero-order valence-corrected chi connectivity index (χ0v) is 14.0. The molecule has 0 bridgehead atoms. The maximum absolute atomic E-state index is 12.8. The Morgan fingerprint density at radius 3 is 2.43 bits per heavy atom. The van der Waals surface area contributed by atoms with Crippen LogP contribution in [0.5, 0.6) is 0 Å². The minimum Gasteiger partial charge on any atom is -0.326 e. The highest BCUT2D eigenvalue weighted by Crippen LogP contribution is 2.28. The summed E-state index contributed by atoms with van der Waals surface area (Å²) >= 11 is 0. The minimum absolute atomic E-state index is 0.357. The predicted octanol–water partition coefficient (Wildman–Crippen LogP) is 2.57. The van der Waals surface area contributed by atoms with Crippen LogP contribution >= 0.6 is 0 Å². The zero-order chi connectivity index (χ0) is 15.6. The van der Waals surface area contributed by atoms with Gasteiger partial charge in [-0.05, 0) is 55.4 Å². The van der Waals surface area contributed by atoms with Crippen LogP contribution in [0.2, 0.25) is 0 Å². The van der Waals surface area contributed by atoms with E-state index in [1.54, 1.807) is 13.1 Å². The second-order valence-electron chi connectivity index (χ2n) is 6.18. The number of nitrogens with two attached hydrogens (primary N) is 1. The lowest BCUT2D eigenvalue weighted by Gasteiger charge is -2.22. The van der Waals surface area contributed by atoms with Crippen LogP contribution < -0.4 is 5.73 Å². The zero-order valence-electron chi connectivity index (χ0n) is 13.2. The molecule has 0 atom stereocenters. The van der Waals surface area contributed by atoms with E-state index in [2.05, 4.69) is 0 Å². The highest BCUT2D eigenvalue weighted by Gasteiger charge is 2.27. The summed E-state index contributed by atoms with van der Waals surface area (Å²) in [6.45, 7) is 4.78. The van der Waals surface area contributed by atoms with Gasteiger partial charge in [0, 0.05) is 20.1 Å². The van der Waals surface area contributed by atoms with E-state index in [-0.39, 0.29) is 0 Å². The normalized spacial score (nSPS) is 16.8. The molecule has 1 aliphatic rings. The van der Waals surface area contributed by atoms with Crippen molar-refractivity contribution in [2.45, 2.75) is 51.0 Å². The molecule has 4 nitrogen and oxygen atoms in total. The van der Waals surface area contributed by atoms with Gasteiger partial charge >= 0.3 is 0 Å². The van der Waals surface area contributed by atoms with Gasteiger partial charge in [-0.3, -0.25) is 0 Å². The fourth-order valence-corrected chi connectivity index (χ4v) is 4.70. The van der Waals surface area contributed by atoms with Crippen LogP contribution in [-0.4, -0.2) is 26.3 Å². The van der Waals surface area contributed by atoms with Crippen LogP contribution in [0.15, 0.2) is 17.0 Å². The van der Waals surface area contributed by atoms with Crippen molar-refractivity contribution in [3.8, 4) is 0 Å². The third-order valence-electron chi connectivity index (χ3n) is 4.59. The van der Waals surface area contributed by atoms with Gasteiger partial charge in [-0.25, -0.2) is 12.7 Å². The summed E-state index contributed by atoms with van der Waals surface area (Å²) < 4.78 is 27.2. The highest BCUT2D eigenvalue weighted by molar-refractivity contribution is 7.89. The topological polar surface area (TPSA) is 63.4 Å². The third-order valence-corrected chi connectivity index (χ3v) is 6.54. The van der Waals surface area contributed by atoms with E-state index in [1.807, 2.05) is 19.9 Å². The molecular formula is C16H26N2O2S. The maximum atomic E-state index is 12.8. The second kappa shape index (κ2) is 6.46. The fraction of sp³-hybridized carbons (Fsp3) is 0.625. The van der Waals surface area contributed by atoms with Crippen LogP contribution in [0.4, 0.5) is 0 Å². The van der Waals surface area contributed by atoms with Gasteiger partial charge in [-0.1, -0.05) is 18.9 Å². The Hall–Kier alpha value is -0.910. The van der Waals surface area contributed by atoms with E-state index in [0.717, 1.165) is 29.5 Å². The summed E-state index contributed by atoms with van der Waals surface area (Å²) in [6, 6.07) is 3.69. The first-order chi connectivity index (χ1) is 9.86. The molecule has 1 aromatic carbocycles. The molecule has 118 valence electrons. The molecule has 2 rings (SSSR count). The molecule has 5 heteroatoms. The SMILES string of the molecule is Cc1cc(CN)cc(S(=O)(=O)N(C)CC2CCCC2)c1C. The summed E-state index contributed by atoms with van der Waals surface area (Å²) in [4.78, 5) is 0.406. The average Bonchev–Trinajstić information content (AvgIpc) is 2.94. The van der Waals surface area contributed by atoms with Gasteiger partial charge in [0.15, 0.2) is 0 Å². The van der Waals surface area contributed by atoms with E-state index in [0.29, 0.717) is 23.9 Å². The second-order valence-corrected chi connectivity index (χ2v) is 8.19. The molecule has 1 fully saturated rings. The molecule has 0 amide bonds.